The second-order valence-electron chi connectivity index (χ2n) is 6.08. The van der Waals surface area contributed by atoms with Crippen LogP contribution >= 0.6 is 0 Å². The number of rotatable bonds is 4. The van der Waals surface area contributed by atoms with Crippen LogP contribution in [-0.2, 0) is 7.05 Å². The van der Waals surface area contributed by atoms with Crippen molar-refractivity contribution in [2.24, 2.45) is 12.2 Å². The topological polar surface area (TPSA) is 88.7 Å². The zero-order valence-electron chi connectivity index (χ0n) is 15.3. The third-order valence-corrected chi connectivity index (χ3v) is 4.10. The molecular weight excluding hydrogens is 344 g/mol. The van der Waals surface area contributed by atoms with Crippen LogP contribution < -0.4 is 10.1 Å². The lowest BCUT2D eigenvalue weighted by atomic mass is 10.0. The highest BCUT2D eigenvalue weighted by molar-refractivity contribution is 5.99. The van der Waals surface area contributed by atoms with Crippen molar-refractivity contribution in [1.82, 2.24) is 9.78 Å². The summed E-state index contributed by atoms with van der Waals surface area (Å²) in [6, 6.07) is 15.0. The van der Waals surface area contributed by atoms with Gasteiger partial charge in [0.25, 0.3) is 0 Å². The molecule has 0 aliphatic carbocycles. The number of nitrogens with zero attached hydrogens (tertiary/aromatic N) is 3. The summed E-state index contributed by atoms with van der Waals surface area (Å²) in [4.78, 5) is 12.3. The van der Waals surface area contributed by atoms with Gasteiger partial charge in [-0.3, -0.25) is 10.00 Å². The molecule has 0 radical (unpaired) electrons. The van der Waals surface area contributed by atoms with Crippen LogP contribution in [0.4, 0.5) is 10.5 Å². The Balaban J connectivity index is 1.81. The number of anilines is 1. The van der Waals surface area contributed by atoms with Crippen molar-refractivity contribution < 1.29 is 14.7 Å². The van der Waals surface area contributed by atoms with Crippen molar-refractivity contribution >= 4 is 17.5 Å². The largest absolute Gasteiger partial charge is 0.417 e. The first kappa shape index (κ1) is 18.2. The zero-order chi connectivity index (χ0) is 19.4. The molecule has 27 heavy (non-hydrogen) atoms. The van der Waals surface area contributed by atoms with Crippen LogP contribution in [0.5, 0.6) is 5.75 Å². The number of hydrogen-bond acceptors (Lipinski definition) is 5. The summed E-state index contributed by atoms with van der Waals surface area (Å²) in [5, 5.41) is 19.0. The van der Waals surface area contributed by atoms with Crippen LogP contribution in [-0.4, -0.2) is 26.8 Å². The second-order valence-corrected chi connectivity index (χ2v) is 6.08. The van der Waals surface area contributed by atoms with E-state index in [9.17, 15) is 4.79 Å². The van der Waals surface area contributed by atoms with E-state index in [2.05, 4.69) is 15.6 Å². The van der Waals surface area contributed by atoms with Crippen molar-refractivity contribution in [2.45, 2.75) is 13.8 Å². The van der Waals surface area contributed by atoms with Gasteiger partial charge in [0.1, 0.15) is 5.69 Å². The summed E-state index contributed by atoms with van der Waals surface area (Å²) < 4.78 is 6.94. The minimum absolute atomic E-state index is 0.413. The summed E-state index contributed by atoms with van der Waals surface area (Å²) in [6.45, 7) is 3.50. The van der Waals surface area contributed by atoms with E-state index in [1.54, 1.807) is 37.8 Å². The van der Waals surface area contributed by atoms with E-state index in [1.165, 1.54) is 0 Å². The normalized spacial score (nSPS) is 11.3. The van der Waals surface area contributed by atoms with Crippen molar-refractivity contribution in [3.8, 4) is 16.9 Å². The number of nitrogens with one attached hydrogen (secondary N) is 1. The van der Waals surface area contributed by atoms with Crippen LogP contribution in [0.1, 0.15) is 18.2 Å². The number of oxime groups is 1. The van der Waals surface area contributed by atoms with Crippen molar-refractivity contribution in [3.05, 3.63) is 66.0 Å². The predicted octanol–water partition coefficient (Wildman–Crippen LogP) is 4.20. The number of hydrogen-bond donors (Lipinski definition) is 2. The van der Waals surface area contributed by atoms with Crippen LogP contribution in [0.3, 0.4) is 0 Å². The standard InChI is InChI=1S/C20H20N4O3/c1-13(23-26)15-8-10-16(11-9-15)17-6-4-5-7-18(17)21-20(25)27-19-12-24(3)22-14(19)2/h4-12,26H,1-3H3,(H,21,25). The predicted molar refractivity (Wildman–Crippen MR) is 103 cm³/mol. The van der Waals surface area contributed by atoms with Gasteiger partial charge in [-0.2, -0.15) is 5.10 Å². The zero-order valence-corrected chi connectivity index (χ0v) is 15.3. The molecule has 0 spiro atoms. The summed E-state index contributed by atoms with van der Waals surface area (Å²) in [7, 11) is 1.76. The molecule has 0 fully saturated rings. The Kier molecular flexibility index (Phi) is 5.21. The maximum Gasteiger partial charge on any atom is 0.417 e. The Morgan fingerprint density at radius 2 is 1.89 bits per heavy atom. The lowest BCUT2D eigenvalue weighted by Crippen LogP contribution is -2.17. The maximum absolute atomic E-state index is 12.3. The fourth-order valence-corrected chi connectivity index (χ4v) is 2.71. The monoisotopic (exact) mass is 364 g/mol. The van der Waals surface area contributed by atoms with E-state index in [1.807, 2.05) is 42.5 Å². The van der Waals surface area contributed by atoms with E-state index in [0.29, 0.717) is 22.8 Å². The SMILES string of the molecule is CC(=NO)c1ccc(-c2ccccc2NC(=O)Oc2cn(C)nc2C)cc1. The summed E-state index contributed by atoms with van der Waals surface area (Å²) in [5.41, 5.74) is 4.38. The van der Waals surface area contributed by atoms with Gasteiger partial charge in [-0.1, -0.05) is 47.6 Å². The number of aromatic nitrogens is 2. The first-order valence-corrected chi connectivity index (χ1v) is 8.35. The van der Waals surface area contributed by atoms with Gasteiger partial charge in [0.15, 0.2) is 5.75 Å². The fraction of sp³-hybridized carbons (Fsp3) is 0.150. The molecule has 1 amide bonds. The van der Waals surface area contributed by atoms with Crippen LogP contribution in [0.15, 0.2) is 59.9 Å². The molecule has 0 aliphatic heterocycles. The molecular formula is C20H20N4O3. The number of carbonyl (C=O) groups excluding carboxylic acids is 1. The summed E-state index contributed by atoms with van der Waals surface area (Å²) in [6.07, 6.45) is 1.06. The molecule has 3 rings (SSSR count). The molecule has 1 heterocycles. The lowest BCUT2D eigenvalue weighted by Gasteiger charge is -2.11. The Morgan fingerprint density at radius 3 is 2.52 bits per heavy atom. The Bertz CT molecular complexity index is 991. The van der Waals surface area contributed by atoms with Crippen LogP contribution in [0.2, 0.25) is 0 Å². The molecule has 0 aliphatic rings. The highest BCUT2D eigenvalue weighted by Crippen LogP contribution is 2.28. The van der Waals surface area contributed by atoms with Gasteiger partial charge in [-0.05, 0) is 31.0 Å². The number of benzene rings is 2. The number of carbonyl (C=O) groups is 1. The van der Waals surface area contributed by atoms with E-state index < -0.39 is 6.09 Å². The van der Waals surface area contributed by atoms with Crippen molar-refractivity contribution in [3.63, 3.8) is 0 Å². The average molecular weight is 364 g/mol. The fourth-order valence-electron chi connectivity index (χ4n) is 2.71. The van der Waals surface area contributed by atoms with Gasteiger partial charge < -0.3 is 9.94 Å². The Hall–Kier alpha value is -3.61. The molecule has 2 aromatic carbocycles. The molecule has 138 valence electrons. The van der Waals surface area contributed by atoms with Gasteiger partial charge >= 0.3 is 6.09 Å². The molecule has 0 saturated carbocycles. The summed E-state index contributed by atoms with van der Waals surface area (Å²) >= 11 is 0. The Morgan fingerprint density at radius 1 is 1.19 bits per heavy atom. The number of amides is 1. The minimum atomic E-state index is -0.585. The maximum atomic E-state index is 12.3. The molecule has 3 aromatic rings. The van der Waals surface area contributed by atoms with Crippen LogP contribution in [0.25, 0.3) is 11.1 Å². The van der Waals surface area contributed by atoms with E-state index in [-0.39, 0.29) is 0 Å². The number of ether oxygens (including phenoxy) is 1. The highest BCUT2D eigenvalue weighted by atomic mass is 16.6. The first-order valence-electron chi connectivity index (χ1n) is 8.35. The third kappa shape index (κ3) is 4.14. The van der Waals surface area contributed by atoms with E-state index in [0.717, 1.165) is 16.7 Å². The third-order valence-electron chi connectivity index (χ3n) is 4.10. The van der Waals surface area contributed by atoms with E-state index >= 15 is 0 Å². The van der Waals surface area contributed by atoms with Gasteiger partial charge in [-0.25, -0.2) is 4.79 Å². The average Bonchev–Trinajstić information content (AvgIpc) is 2.98. The lowest BCUT2D eigenvalue weighted by molar-refractivity contribution is 0.215. The Labute approximate surface area is 156 Å². The van der Waals surface area contributed by atoms with Crippen molar-refractivity contribution in [1.29, 1.82) is 0 Å². The quantitative estimate of drug-likeness (QED) is 0.412. The molecule has 7 nitrogen and oxygen atoms in total. The molecule has 0 bridgehead atoms. The highest BCUT2D eigenvalue weighted by Gasteiger charge is 2.13. The van der Waals surface area contributed by atoms with Crippen molar-refractivity contribution in [2.75, 3.05) is 5.32 Å². The molecule has 0 atom stereocenters. The van der Waals surface area contributed by atoms with Gasteiger partial charge in [-0.15, -0.1) is 0 Å². The minimum Gasteiger partial charge on any atom is -0.411 e. The molecule has 7 heteroatoms. The molecule has 1 aromatic heterocycles. The number of para-hydroxylation sites is 1. The molecule has 0 unspecified atom stereocenters. The smallest absolute Gasteiger partial charge is 0.411 e. The van der Waals surface area contributed by atoms with Gasteiger partial charge in [0, 0.05) is 12.6 Å². The van der Waals surface area contributed by atoms with Gasteiger partial charge in [0.05, 0.1) is 17.6 Å². The molecule has 2 N–H and O–H groups in total. The van der Waals surface area contributed by atoms with Crippen LogP contribution in [0, 0.1) is 6.92 Å². The summed E-state index contributed by atoms with van der Waals surface area (Å²) in [5.74, 6) is 0.413. The van der Waals surface area contributed by atoms with Gasteiger partial charge in [0.2, 0.25) is 0 Å². The number of aryl methyl sites for hydroxylation is 2. The van der Waals surface area contributed by atoms with E-state index in [4.69, 9.17) is 9.94 Å². The molecule has 0 saturated heterocycles. The second kappa shape index (κ2) is 7.74. The first-order chi connectivity index (χ1) is 13.0.